The van der Waals surface area contributed by atoms with Crippen molar-refractivity contribution in [2.45, 2.75) is 37.8 Å². The number of nitriles is 1. The highest BCUT2D eigenvalue weighted by Gasteiger charge is 2.24. The molecule has 3 aromatic rings. The van der Waals surface area contributed by atoms with Gasteiger partial charge in [0, 0.05) is 23.2 Å². The van der Waals surface area contributed by atoms with Gasteiger partial charge >= 0.3 is 0 Å². The van der Waals surface area contributed by atoms with E-state index in [1.165, 1.54) is 6.07 Å². The van der Waals surface area contributed by atoms with Crippen molar-refractivity contribution in [3.8, 4) is 6.07 Å². The van der Waals surface area contributed by atoms with Gasteiger partial charge in [0.15, 0.2) is 0 Å². The molecular formula is C20H22N8O. The number of nitrogens with zero attached hydrogens (tertiary/aromatic N) is 3. The summed E-state index contributed by atoms with van der Waals surface area (Å²) in [5, 5.41) is 23.8. The van der Waals surface area contributed by atoms with Crippen LogP contribution in [0.5, 0.6) is 0 Å². The molecule has 9 nitrogen and oxygen atoms in total. The maximum absolute atomic E-state index is 12.0. The van der Waals surface area contributed by atoms with Gasteiger partial charge in [-0.15, -0.1) is 0 Å². The standard InChI is InChI=1S/C20H22N8O/c21-9-11-8-14(18(23)29)20(25-13-5-6-16-12(7-13)10-24-28-16)27-19(11)26-17-4-2-1-3-15(17)22/h5-8,10,15,17H,1-4,22H2,(H2,23,29)(H,24,28)(H2,25,26,27). The molecule has 7 N–H and O–H groups in total. The lowest BCUT2D eigenvalue weighted by Gasteiger charge is -2.30. The Morgan fingerprint density at radius 3 is 2.83 bits per heavy atom. The first-order valence-electron chi connectivity index (χ1n) is 9.52. The summed E-state index contributed by atoms with van der Waals surface area (Å²) in [4.78, 5) is 16.5. The molecule has 0 aliphatic heterocycles. The molecule has 0 radical (unpaired) electrons. The van der Waals surface area contributed by atoms with Crippen LogP contribution < -0.4 is 22.1 Å². The van der Waals surface area contributed by atoms with Gasteiger partial charge in [-0.2, -0.15) is 10.4 Å². The average molecular weight is 390 g/mol. The third-order valence-corrected chi connectivity index (χ3v) is 5.25. The number of hydrogen-bond acceptors (Lipinski definition) is 7. The quantitative estimate of drug-likeness (QED) is 0.447. The number of anilines is 3. The maximum Gasteiger partial charge on any atom is 0.252 e. The van der Waals surface area contributed by atoms with Crippen LogP contribution in [0.1, 0.15) is 41.6 Å². The number of H-pyrrole nitrogens is 1. The van der Waals surface area contributed by atoms with Crippen molar-refractivity contribution in [1.29, 1.82) is 5.26 Å². The van der Waals surface area contributed by atoms with E-state index >= 15 is 0 Å². The molecule has 4 rings (SSSR count). The number of nitrogens with one attached hydrogen (secondary N) is 3. The number of benzene rings is 1. The fraction of sp³-hybridized carbons (Fsp3) is 0.300. The highest BCUT2D eigenvalue weighted by atomic mass is 16.1. The van der Waals surface area contributed by atoms with Crippen molar-refractivity contribution in [2.24, 2.45) is 11.5 Å². The Labute approximate surface area is 167 Å². The van der Waals surface area contributed by atoms with Crippen molar-refractivity contribution >= 4 is 34.1 Å². The van der Waals surface area contributed by atoms with E-state index in [0.29, 0.717) is 5.82 Å². The maximum atomic E-state index is 12.0. The number of nitrogens with two attached hydrogens (primary N) is 2. The minimum Gasteiger partial charge on any atom is -0.365 e. The number of amides is 1. The second kappa shape index (κ2) is 7.77. The molecule has 0 spiro atoms. The molecule has 2 aromatic heterocycles. The molecule has 2 atom stereocenters. The van der Waals surface area contributed by atoms with Gasteiger partial charge in [0.05, 0.1) is 22.8 Å². The summed E-state index contributed by atoms with van der Waals surface area (Å²) in [7, 11) is 0. The summed E-state index contributed by atoms with van der Waals surface area (Å²) in [6.07, 6.45) is 5.71. The third kappa shape index (κ3) is 3.83. The molecule has 0 saturated heterocycles. The van der Waals surface area contributed by atoms with E-state index in [1.54, 1.807) is 6.20 Å². The first kappa shape index (κ1) is 18.7. The number of hydrogen-bond donors (Lipinski definition) is 5. The minimum atomic E-state index is -0.665. The van der Waals surface area contributed by atoms with Crippen LogP contribution in [-0.2, 0) is 0 Å². The normalized spacial score (nSPS) is 18.9. The predicted octanol–water partition coefficient (Wildman–Crippen LogP) is 2.35. The van der Waals surface area contributed by atoms with E-state index < -0.39 is 5.91 Å². The lowest BCUT2D eigenvalue weighted by molar-refractivity contribution is 0.100. The van der Waals surface area contributed by atoms with Crippen LogP contribution in [0, 0.1) is 11.3 Å². The van der Waals surface area contributed by atoms with Crippen LogP contribution in [-0.4, -0.2) is 33.2 Å². The zero-order valence-corrected chi connectivity index (χ0v) is 15.8. The number of rotatable bonds is 5. The molecule has 1 aliphatic carbocycles. The molecular weight excluding hydrogens is 368 g/mol. The van der Waals surface area contributed by atoms with Gasteiger partial charge in [0.25, 0.3) is 5.91 Å². The molecule has 148 valence electrons. The van der Waals surface area contributed by atoms with Crippen LogP contribution in [0.15, 0.2) is 30.5 Å². The molecule has 29 heavy (non-hydrogen) atoms. The van der Waals surface area contributed by atoms with Crippen molar-refractivity contribution < 1.29 is 4.79 Å². The van der Waals surface area contributed by atoms with Crippen LogP contribution >= 0.6 is 0 Å². The molecule has 1 aromatic carbocycles. The number of aromatic nitrogens is 3. The average Bonchev–Trinajstić information content (AvgIpc) is 3.17. The van der Waals surface area contributed by atoms with Crippen LogP contribution in [0.25, 0.3) is 10.9 Å². The summed E-state index contributed by atoms with van der Waals surface area (Å²) in [5.74, 6) is 0.0137. The van der Waals surface area contributed by atoms with Crippen LogP contribution in [0.3, 0.4) is 0 Å². The van der Waals surface area contributed by atoms with Crippen LogP contribution in [0.4, 0.5) is 17.3 Å². The molecule has 1 saturated carbocycles. The smallest absolute Gasteiger partial charge is 0.252 e. The number of carbonyl (C=O) groups is 1. The molecule has 9 heteroatoms. The van der Waals surface area contributed by atoms with Gasteiger partial charge in [0.1, 0.15) is 17.7 Å². The zero-order chi connectivity index (χ0) is 20.4. The van der Waals surface area contributed by atoms with Crippen molar-refractivity contribution in [2.75, 3.05) is 10.6 Å². The number of pyridine rings is 1. The Balaban J connectivity index is 1.70. The lowest BCUT2D eigenvalue weighted by Crippen LogP contribution is -2.43. The van der Waals surface area contributed by atoms with E-state index in [1.807, 2.05) is 18.2 Å². The van der Waals surface area contributed by atoms with E-state index in [9.17, 15) is 10.1 Å². The first-order valence-corrected chi connectivity index (χ1v) is 9.52. The molecule has 2 unspecified atom stereocenters. The summed E-state index contributed by atoms with van der Waals surface area (Å²) < 4.78 is 0. The first-order chi connectivity index (χ1) is 14.0. The fourth-order valence-electron chi connectivity index (χ4n) is 3.66. The largest absolute Gasteiger partial charge is 0.365 e. The van der Waals surface area contributed by atoms with E-state index in [0.717, 1.165) is 42.3 Å². The van der Waals surface area contributed by atoms with Crippen molar-refractivity contribution in [3.63, 3.8) is 0 Å². The molecule has 1 aliphatic rings. The Kier molecular flexibility index (Phi) is 5.01. The lowest BCUT2D eigenvalue weighted by atomic mass is 9.91. The van der Waals surface area contributed by atoms with Gasteiger partial charge < -0.3 is 22.1 Å². The fourth-order valence-corrected chi connectivity index (χ4v) is 3.66. The minimum absolute atomic E-state index is 0.00665. The second-order valence-electron chi connectivity index (χ2n) is 7.25. The summed E-state index contributed by atoms with van der Waals surface area (Å²) in [6, 6.07) is 9.17. The third-order valence-electron chi connectivity index (χ3n) is 5.25. The SMILES string of the molecule is N#Cc1cc(C(N)=O)c(Nc2ccc3[nH]ncc3c2)nc1NC1CCCCC1N. The highest BCUT2D eigenvalue weighted by molar-refractivity contribution is 5.99. The Hall–Kier alpha value is -3.64. The van der Waals surface area contributed by atoms with E-state index in [-0.39, 0.29) is 29.0 Å². The second-order valence-corrected chi connectivity index (χ2v) is 7.25. The van der Waals surface area contributed by atoms with Gasteiger partial charge in [-0.3, -0.25) is 9.89 Å². The summed E-state index contributed by atoms with van der Waals surface area (Å²) in [5.41, 5.74) is 13.8. The van der Waals surface area contributed by atoms with E-state index in [2.05, 4.69) is 31.9 Å². The summed E-state index contributed by atoms with van der Waals surface area (Å²) >= 11 is 0. The van der Waals surface area contributed by atoms with Crippen LogP contribution in [0.2, 0.25) is 0 Å². The number of carbonyl (C=O) groups excluding carboxylic acids is 1. The molecule has 0 bridgehead atoms. The Bertz CT molecular complexity index is 1100. The van der Waals surface area contributed by atoms with E-state index in [4.69, 9.17) is 11.5 Å². The molecule has 1 amide bonds. The highest BCUT2D eigenvalue weighted by Crippen LogP contribution is 2.28. The monoisotopic (exact) mass is 390 g/mol. The van der Waals surface area contributed by atoms with Gasteiger partial charge in [-0.1, -0.05) is 12.8 Å². The van der Waals surface area contributed by atoms with Gasteiger partial charge in [0.2, 0.25) is 0 Å². The zero-order valence-electron chi connectivity index (χ0n) is 15.8. The summed E-state index contributed by atoms with van der Waals surface area (Å²) in [6.45, 7) is 0. The Morgan fingerprint density at radius 1 is 1.24 bits per heavy atom. The van der Waals surface area contributed by atoms with Gasteiger partial charge in [-0.25, -0.2) is 4.98 Å². The van der Waals surface area contributed by atoms with Crippen molar-refractivity contribution in [3.05, 3.63) is 41.6 Å². The molecule has 1 fully saturated rings. The predicted molar refractivity (Wildman–Crippen MR) is 111 cm³/mol. The number of primary amides is 1. The topological polar surface area (TPSA) is 159 Å². The van der Waals surface area contributed by atoms with Gasteiger partial charge in [-0.05, 0) is 37.1 Å². The number of aromatic amines is 1. The van der Waals surface area contributed by atoms with Crippen molar-refractivity contribution in [1.82, 2.24) is 15.2 Å². The Morgan fingerprint density at radius 2 is 2.07 bits per heavy atom. The number of fused-ring (bicyclic) bond motifs is 1. The molecule has 2 heterocycles.